The van der Waals surface area contributed by atoms with Gasteiger partial charge in [0, 0.05) is 23.4 Å². The molecule has 0 aromatic heterocycles. The van der Waals surface area contributed by atoms with Crippen molar-refractivity contribution in [3.8, 4) is 5.75 Å². The lowest BCUT2D eigenvalue weighted by Gasteiger charge is -2.40. The van der Waals surface area contributed by atoms with Crippen molar-refractivity contribution in [3.05, 3.63) is 28.3 Å². The van der Waals surface area contributed by atoms with Crippen LogP contribution in [0.25, 0.3) is 0 Å². The normalized spacial score (nSPS) is 16.5. The van der Waals surface area contributed by atoms with E-state index in [9.17, 15) is 10.1 Å². The fourth-order valence-electron chi connectivity index (χ4n) is 2.25. The predicted octanol–water partition coefficient (Wildman–Crippen LogP) is 3.74. The molecule has 1 aromatic carbocycles. The van der Waals surface area contributed by atoms with Gasteiger partial charge in [0.15, 0.2) is 5.75 Å². The second-order valence-electron chi connectivity index (χ2n) is 5.33. The topological polar surface area (TPSA) is 64.4 Å². The monoisotopic (exact) mass is 264 g/mol. The van der Waals surface area contributed by atoms with Gasteiger partial charge in [-0.05, 0) is 38.7 Å². The van der Waals surface area contributed by atoms with Crippen LogP contribution in [0.4, 0.5) is 11.4 Å². The van der Waals surface area contributed by atoms with Gasteiger partial charge in [-0.15, -0.1) is 0 Å². The summed E-state index contributed by atoms with van der Waals surface area (Å²) in [4.78, 5) is 10.6. The fraction of sp³-hybridized carbons (Fsp3) is 0.571. The van der Waals surface area contributed by atoms with Gasteiger partial charge in [0.25, 0.3) is 0 Å². The summed E-state index contributed by atoms with van der Waals surface area (Å²) in [6, 6.07) is 4.99. The van der Waals surface area contributed by atoms with Crippen LogP contribution < -0.4 is 10.1 Å². The van der Waals surface area contributed by atoms with Crippen LogP contribution in [0, 0.1) is 10.1 Å². The Morgan fingerprint density at radius 3 is 2.74 bits per heavy atom. The summed E-state index contributed by atoms with van der Waals surface area (Å²) in [5.41, 5.74) is 1.04. The molecule has 1 saturated carbocycles. The molecular weight excluding hydrogens is 244 g/mol. The smallest absolute Gasteiger partial charge is 0.311 e. The Bertz CT molecular complexity index is 470. The van der Waals surface area contributed by atoms with Crippen molar-refractivity contribution < 1.29 is 9.66 Å². The van der Waals surface area contributed by atoms with Crippen molar-refractivity contribution in [1.29, 1.82) is 0 Å². The molecule has 1 N–H and O–H groups in total. The number of hydrogen-bond acceptors (Lipinski definition) is 4. The molecule has 0 atom stereocenters. The van der Waals surface area contributed by atoms with E-state index in [1.165, 1.54) is 12.5 Å². The Kier molecular flexibility index (Phi) is 3.93. The first-order chi connectivity index (χ1) is 9.04. The third kappa shape index (κ3) is 3.16. The van der Waals surface area contributed by atoms with Crippen LogP contribution in [0.3, 0.4) is 0 Å². The number of nitrogens with one attached hydrogen (secondary N) is 1. The zero-order chi connectivity index (χ0) is 13.9. The molecule has 2 rings (SSSR count). The lowest BCUT2D eigenvalue weighted by molar-refractivity contribution is -0.385. The van der Waals surface area contributed by atoms with Gasteiger partial charge in [0.2, 0.25) is 0 Å². The van der Waals surface area contributed by atoms with Crippen LogP contribution in [-0.2, 0) is 0 Å². The van der Waals surface area contributed by atoms with Crippen molar-refractivity contribution >= 4 is 11.4 Å². The van der Waals surface area contributed by atoms with Crippen LogP contribution in [0.1, 0.15) is 39.5 Å². The quantitative estimate of drug-likeness (QED) is 0.628. The minimum atomic E-state index is -0.403. The molecule has 104 valence electrons. The summed E-state index contributed by atoms with van der Waals surface area (Å²) >= 11 is 0. The molecular formula is C14H20N2O3. The Balaban J connectivity index is 2.19. The zero-order valence-electron chi connectivity index (χ0n) is 11.4. The number of anilines is 1. The van der Waals surface area contributed by atoms with Crippen LogP contribution >= 0.6 is 0 Å². The van der Waals surface area contributed by atoms with E-state index in [1.807, 2.05) is 6.92 Å². The Hall–Kier alpha value is -1.78. The van der Waals surface area contributed by atoms with Crippen molar-refractivity contribution in [2.75, 3.05) is 11.9 Å². The van der Waals surface area contributed by atoms with Crippen LogP contribution in [0.15, 0.2) is 18.2 Å². The van der Waals surface area contributed by atoms with E-state index in [1.54, 1.807) is 12.1 Å². The first kappa shape index (κ1) is 13.6. The molecule has 19 heavy (non-hydrogen) atoms. The van der Waals surface area contributed by atoms with Crippen molar-refractivity contribution in [2.45, 2.75) is 45.1 Å². The van der Waals surface area contributed by atoms with Crippen molar-refractivity contribution in [2.24, 2.45) is 0 Å². The van der Waals surface area contributed by atoms with Gasteiger partial charge in [0.1, 0.15) is 0 Å². The van der Waals surface area contributed by atoms with E-state index in [-0.39, 0.29) is 11.2 Å². The molecule has 1 aliphatic carbocycles. The summed E-state index contributed by atoms with van der Waals surface area (Å²) in [5.74, 6) is 0.347. The van der Waals surface area contributed by atoms with Crippen molar-refractivity contribution in [3.63, 3.8) is 0 Å². The van der Waals surface area contributed by atoms with Gasteiger partial charge in [0.05, 0.1) is 11.5 Å². The number of ether oxygens (including phenoxy) is 1. The molecule has 0 spiro atoms. The second kappa shape index (κ2) is 5.47. The molecule has 0 bridgehead atoms. The minimum absolute atomic E-state index is 0.0257. The van der Waals surface area contributed by atoms with Crippen molar-refractivity contribution in [1.82, 2.24) is 0 Å². The number of nitro groups is 1. The minimum Gasteiger partial charge on any atom is -0.487 e. The lowest BCUT2D eigenvalue weighted by atomic mass is 9.78. The van der Waals surface area contributed by atoms with E-state index in [4.69, 9.17) is 4.74 Å². The summed E-state index contributed by atoms with van der Waals surface area (Å²) in [7, 11) is 0. The van der Waals surface area contributed by atoms with Gasteiger partial charge < -0.3 is 10.1 Å². The van der Waals surface area contributed by atoms with E-state index < -0.39 is 4.92 Å². The second-order valence-corrected chi connectivity index (χ2v) is 5.33. The van der Waals surface area contributed by atoms with E-state index in [2.05, 4.69) is 12.2 Å². The van der Waals surface area contributed by atoms with Crippen LogP contribution in [0.5, 0.6) is 5.75 Å². The molecule has 1 fully saturated rings. The Labute approximate surface area is 113 Å². The van der Waals surface area contributed by atoms with Crippen LogP contribution in [-0.4, -0.2) is 17.1 Å². The number of rotatable bonds is 6. The van der Waals surface area contributed by atoms with E-state index in [0.29, 0.717) is 12.4 Å². The molecule has 1 aliphatic rings. The summed E-state index contributed by atoms with van der Waals surface area (Å²) < 4.78 is 5.47. The molecule has 0 saturated heterocycles. The van der Waals surface area contributed by atoms with Gasteiger partial charge in [-0.25, -0.2) is 0 Å². The summed E-state index contributed by atoms with van der Waals surface area (Å²) in [6.07, 6.45) is 4.33. The number of hydrogen-bond donors (Lipinski definition) is 1. The zero-order valence-corrected chi connectivity index (χ0v) is 11.4. The highest BCUT2D eigenvalue weighted by Gasteiger charge is 2.31. The molecule has 0 heterocycles. The molecule has 5 heteroatoms. The number of nitro benzene ring substituents is 1. The molecule has 1 aromatic rings. The Morgan fingerprint density at radius 1 is 1.47 bits per heavy atom. The standard InChI is InChI=1S/C14H20N2O3/c1-3-9-19-13-10-11(5-6-12(13)16(17)18)15-14(2)7-4-8-14/h5-6,10,15H,3-4,7-9H2,1-2H3. The number of benzene rings is 1. The SMILES string of the molecule is CCCOc1cc(NC2(C)CCC2)ccc1[N+](=O)[O-]. The van der Waals surface area contributed by atoms with Gasteiger partial charge in [-0.2, -0.15) is 0 Å². The predicted molar refractivity (Wildman–Crippen MR) is 74.8 cm³/mol. The van der Waals surface area contributed by atoms with Gasteiger partial charge in [-0.1, -0.05) is 6.92 Å². The fourth-order valence-corrected chi connectivity index (χ4v) is 2.25. The van der Waals surface area contributed by atoms with E-state index >= 15 is 0 Å². The highest BCUT2D eigenvalue weighted by Crippen LogP contribution is 2.37. The third-order valence-electron chi connectivity index (χ3n) is 3.52. The highest BCUT2D eigenvalue weighted by molar-refractivity contribution is 5.59. The average Bonchev–Trinajstić information content (AvgIpc) is 2.34. The maximum Gasteiger partial charge on any atom is 0.311 e. The summed E-state index contributed by atoms with van der Waals surface area (Å²) in [6.45, 7) is 4.63. The van der Waals surface area contributed by atoms with Gasteiger partial charge >= 0.3 is 5.69 Å². The molecule has 0 radical (unpaired) electrons. The molecule has 5 nitrogen and oxygen atoms in total. The largest absolute Gasteiger partial charge is 0.487 e. The maximum atomic E-state index is 11.0. The highest BCUT2D eigenvalue weighted by atomic mass is 16.6. The average molecular weight is 264 g/mol. The first-order valence-corrected chi connectivity index (χ1v) is 6.73. The Morgan fingerprint density at radius 2 is 2.21 bits per heavy atom. The van der Waals surface area contributed by atoms with E-state index in [0.717, 1.165) is 24.9 Å². The summed E-state index contributed by atoms with van der Waals surface area (Å²) in [5, 5.41) is 14.4. The van der Waals surface area contributed by atoms with Gasteiger partial charge in [-0.3, -0.25) is 10.1 Å². The van der Waals surface area contributed by atoms with Crippen LogP contribution in [0.2, 0.25) is 0 Å². The molecule has 0 aliphatic heterocycles. The third-order valence-corrected chi connectivity index (χ3v) is 3.52. The maximum absolute atomic E-state index is 11.0. The molecule has 0 unspecified atom stereocenters. The first-order valence-electron chi connectivity index (χ1n) is 6.73. The molecule has 0 amide bonds. The lowest BCUT2D eigenvalue weighted by Crippen LogP contribution is -2.41. The number of nitrogens with zero attached hydrogens (tertiary/aromatic N) is 1.